The highest BCUT2D eigenvalue weighted by atomic mass is 32.2. The van der Waals surface area contributed by atoms with Crippen molar-refractivity contribution in [2.45, 2.75) is 42.7 Å². The summed E-state index contributed by atoms with van der Waals surface area (Å²) < 4.78 is 1.65. The van der Waals surface area contributed by atoms with E-state index < -0.39 is 0 Å². The summed E-state index contributed by atoms with van der Waals surface area (Å²) in [6, 6.07) is 15.8. The van der Waals surface area contributed by atoms with Crippen LogP contribution in [0.1, 0.15) is 34.4 Å². The van der Waals surface area contributed by atoms with Gasteiger partial charge in [-0.05, 0) is 74.3 Å². The van der Waals surface area contributed by atoms with Gasteiger partial charge in [-0.25, -0.2) is 10.4 Å². The van der Waals surface area contributed by atoms with Crippen LogP contribution in [0.5, 0.6) is 0 Å². The standard InChI is InChI=1S/C27H26N4O2S3/c1-17-7-11-19(12-8-17)31-26(33)24-21-5-3-4-6-22(21)36-25(24)29-27(31)35-16-23(32)30-28-15-18-9-13-20(34-2)14-10-18/h7-15H,3-6,16H2,1-2H3,(H,30,32)/b28-15-. The number of hydrazone groups is 1. The number of fused-ring (bicyclic) bond motifs is 3. The Balaban J connectivity index is 1.40. The van der Waals surface area contributed by atoms with Gasteiger partial charge in [-0.15, -0.1) is 23.1 Å². The zero-order chi connectivity index (χ0) is 25.1. The fraction of sp³-hybridized carbons (Fsp3) is 0.259. The van der Waals surface area contributed by atoms with Crippen LogP contribution in [0.3, 0.4) is 0 Å². The molecule has 0 aliphatic heterocycles. The molecule has 0 spiro atoms. The van der Waals surface area contributed by atoms with Gasteiger partial charge in [-0.1, -0.05) is 41.6 Å². The van der Waals surface area contributed by atoms with Gasteiger partial charge in [-0.3, -0.25) is 14.2 Å². The molecule has 0 atom stereocenters. The summed E-state index contributed by atoms with van der Waals surface area (Å²) >= 11 is 4.54. The molecule has 1 aliphatic rings. The maximum atomic E-state index is 13.8. The minimum atomic E-state index is -0.257. The van der Waals surface area contributed by atoms with Crippen LogP contribution in [0.4, 0.5) is 0 Å². The number of thioether (sulfide) groups is 2. The van der Waals surface area contributed by atoms with Crippen molar-refractivity contribution in [3.8, 4) is 5.69 Å². The Kier molecular flexibility index (Phi) is 7.59. The Hall–Kier alpha value is -2.88. The second kappa shape index (κ2) is 11.0. The molecule has 184 valence electrons. The lowest BCUT2D eigenvalue weighted by Crippen LogP contribution is -2.24. The van der Waals surface area contributed by atoms with Gasteiger partial charge >= 0.3 is 0 Å². The van der Waals surface area contributed by atoms with Gasteiger partial charge in [0.2, 0.25) is 0 Å². The number of hydrogen-bond donors (Lipinski definition) is 1. The Morgan fingerprint density at radius 3 is 2.64 bits per heavy atom. The van der Waals surface area contributed by atoms with Crippen LogP contribution in [0.25, 0.3) is 15.9 Å². The van der Waals surface area contributed by atoms with Crippen molar-refractivity contribution >= 4 is 57.2 Å². The van der Waals surface area contributed by atoms with Crippen LogP contribution in [-0.2, 0) is 17.6 Å². The lowest BCUT2D eigenvalue weighted by Gasteiger charge is -2.13. The molecular formula is C27H26N4O2S3. The van der Waals surface area contributed by atoms with Crippen LogP contribution in [0.2, 0.25) is 0 Å². The first-order chi connectivity index (χ1) is 17.5. The molecule has 2 aromatic heterocycles. The summed E-state index contributed by atoms with van der Waals surface area (Å²) in [5, 5.41) is 5.33. The van der Waals surface area contributed by atoms with Crippen LogP contribution in [-0.4, -0.2) is 33.7 Å². The van der Waals surface area contributed by atoms with Gasteiger partial charge in [0.25, 0.3) is 11.5 Å². The summed E-state index contributed by atoms with van der Waals surface area (Å²) in [5.41, 5.74) is 6.46. The second-order valence-corrected chi connectivity index (χ2v) is 11.5. The van der Waals surface area contributed by atoms with Crippen LogP contribution < -0.4 is 11.0 Å². The van der Waals surface area contributed by atoms with Gasteiger partial charge in [0.1, 0.15) is 4.83 Å². The van der Waals surface area contributed by atoms with E-state index in [0.717, 1.165) is 58.3 Å². The predicted octanol–water partition coefficient (Wildman–Crippen LogP) is 5.60. The van der Waals surface area contributed by atoms with E-state index in [9.17, 15) is 9.59 Å². The Morgan fingerprint density at radius 2 is 1.89 bits per heavy atom. The van der Waals surface area contributed by atoms with E-state index in [-0.39, 0.29) is 17.2 Å². The van der Waals surface area contributed by atoms with E-state index in [2.05, 4.69) is 10.5 Å². The number of carbonyl (C=O) groups is 1. The first kappa shape index (κ1) is 24.8. The SMILES string of the molecule is CSc1ccc(/C=N\NC(=O)CSc2nc3sc4c(c3c(=O)n2-c2ccc(C)cc2)CCCC4)cc1. The molecule has 1 N–H and O–H groups in total. The molecule has 2 heterocycles. The molecule has 0 unspecified atom stereocenters. The highest BCUT2D eigenvalue weighted by Crippen LogP contribution is 2.35. The third-order valence-electron chi connectivity index (χ3n) is 6.10. The molecule has 0 saturated carbocycles. The monoisotopic (exact) mass is 534 g/mol. The lowest BCUT2D eigenvalue weighted by atomic mass is 9.97. The predicted molar refractivity (Wildman–Crippen MR) is 151 cm³/mol. The highest BCUT2D eigenvalue weighted by Gasteiger charge is 2.23. The van der Waals surface area contributed by atoms with Gasteiger partial charge < -0.3 is 0 Å². The molecule has 1 aliphatic carbocycles. The third-order valence-corrected chi connectivity index (χ3v) is 8.97. The smallest absolute Gasteiger partial charge is 0.267 e. The minimum Gasteiger partial charge on any atom is -0.272 e. The number of aryl methyl sites for hydroxylation is 3. The van der Waals surface area contributed by atoms with Crippen LogP contribution in [0.15, 0.2) is 68.5 Å². The number of amides is 1. The normalized spacial score (nSPS) is 13.3. The maximum absolute atomic E-state index is 13.8. The Labute approximate surface area is 222 Å². The summed E-state index contributed by atoms with van der Waals surface area (Å²) in [4.78, 5) is 34.4. The van der Waals surface area contributed by atoms with Crippen molar-refractivity contribution < 1.29 is 4.79 Å². The molecule has 1 amide bonds. The first-order valence-corrected chi connectivity index (χ1v) is 14.8. The van der Waals surface area contributed by atoms with Gasteiger partial charge in [0, 0.05) is 9.77 Å². The molecule has 0 saturated heterocycles. The largest absolute Gasteiger partial charge is 0.272 e. The van der Waals surface area contributed by atoms with E-state index in [0.29, 0.717) is 5.16 Å². The number of benzene rings is 2. The van der Waals surface area contributed by atoms with Gasteiger partial charge in [0.15, 0.2) is 5.16 Å². The van der Waals surface area contributed by atoms with Crippen LogP contribution in [0, 0.1) is 6.92 Å². The average molecular weight is 535 g/mol. The molecule has 0 fully saturated rings. The fourth-order valence-electron chi connectivity index (χ4n) is 4.24. The number of nitrogens with one attached hydrogen (secondary N) is 1. The summed E-state index contributed by atoms with van der Waals surface area (Å²) in [5.74, 6) is -0.162. The number of aromatic nitrogens is 2. The zero-order valence-corrected chi connectivity index (χ0v) is 22.6. The maximum Gasteiger partial charge on any atom is 0.267 e. The number of hydrogen-bond acceptors (Lipinski definition) is 7. The molecular weight excluding hydrogens is 509 g/mol. The topological polar surface area (TPSA) is 76.3 Å². The van der Waals surface area contributed by atoms with E-state index in [1.807, 2.05) is 61.7 Å². The number of carbonyl (C=O) groups excluding carboxylic acids is 1. The lowest BCUT2D eigenvalue weighted by molar-refractivity contribution is -0.118. The molecule has 9 heteroatoms. The van der Waals surface area contributed by atoms with Crippen molar-refractivity contribution in [3.63, 3.8) is 0 Å². The molecule has 36 heavy (non-hydrogen) atoms. The zero-order valence-electron chi connectivity index (χ0n) is 20.1. The number of rotatable bonds is 7. The average Bonchev–Trinajstić information content (AvgIpc) is 3.27. The molecule has 0 radical (unpaired) electrons. The Bertz CT molecular complexity index is 1490. The number of nitrogens with zero attached hydrogens (tertiary/aromatic N) is 3. The quantitative estimate of drug-likeness (QED) is 0.145. The summed E-state index contributed by atoms with van der Waals surface area (Å²) in [7, 11) is 0. The second-order valence-electron chi connectivity index (χ2n) is 8.62. The highest BCUT2D eigenvalue weighted by molar-refractivity contribution is 7.99. The van der Waals surface area contributed by atoms with Crippen molar-refractivity contribution in [1.29, 1.82) is 0 Å². The molecule has 2 aromatic carbocycles. The summed E-state index contributed by atoms with van der Waals surface area (Å²) in [6.45, 7) is 2.01. The molecule has 4 aromatic rings. The molecule has 6 nitrogen and oxygen atoms in total. The van der Waals surface area contributed by atoms with Crippen molar-refractivity contribution in [3.05, 3.63) is 80.5 Å². The van der Waals surface area contributed by atoms with Crippen molar-refractivity contribution in [2.75, 3.05) is 12.0 Å². The van der Waals surface area contributed by atoms with E-state index in [1.54, 1.807) is 33.9 Å². The van der Waals surface area contributed by atoms with Gasteiger partial charge in [-0.2, -0.15) is 5.10 Å². The Morgan fingerprint density at radius 1 is 1.14 bits per heavy atom. The van der Waals surface area contributed by atoms with Gasteiger partial charge in [0.05, 0.1) is 23.0 Å². The molecule has 5 rings (SSSR count). The summed E-state index contributed by atoms with van der Waals surface area (Å²) in [6.07, 6.45) is 7.82. The van der Waals surface area contributed by atoms with E-state index in [4.69, 9.17) is 4.98 Å². The third kappa shape index (κ3) is 5.28. The fourth-order valence-corrected chi connectivity index (χ4v) is 6.75. The van der Waals surface area contributed by atoms with Crippen molar-refractivity contribution in [1.82, 2.24) is 15.0 Å². The van der Waals surface area contributed by atoms with Crippen LogP contribution >= 0.6 is 34.9 Å². The van der Waals surface area contributed by atoms with E-state index >= 15 is 0 Å². The minimum absolute atomic E-state index is 0.0575. The van der Waals surface area contributed by atoms with E-state index in [1.165, 1.54) is 21.5 Å². The first-order valence-electron chi connectivity index (χ1n) is 11.8. The molecule has 0 bridgehead atoms. The number of thiophene rings is 1. The van der Waals surface area contributed by atoms with Crippen molar-refractivity contribution in [2.24, 2.45) is 5.10 Å².